The van der Waals surface area contributed by atoms with Crippen LogP contribution in [0.1, 0.15) is 80.1 Å². The van der Waals surface area contributed by atoms with Crippen molar-refractivity contribution in [1.29, 1.82) is 0 Å². The van der Waals surface area contributed by atoms with Crippen LogP contribution < -0.4 is 10.1 Å². The summed E-state index contributed by atoms with van der Waals surface area (Å²) >= 11 is 0. The minimum atomic E-state index is -0.862. The zero-order valence-electron chi connectivity index (χ0n) is 20.3. The third-order valence-corrected chi connectivity index (χ3v) is 10.0. The summed E-state index contributed by atoms with van der Waals surface area (Å²) < 4.78 is 6.54. The van der Waals surface area contributed by atoms with E-state index >= 15 is 0 Å². The highest BCUT2D eigenvalue weighted by Crippen LogP contribution is 2.49. The molecule has 7 aliphatic rings. The van der Waals surface area contributed by atoms with Crippen LogP contribution in [0.25, 0.3) is 0 Å². The second-order valence-corrected chi connectivity index (χ2v) is 11.9. The van der Waals surface area contributed by atoms with E-state index in [1.165, 1.54) is 58.0 Å². The van der Waals surface area contributed by atoms with Crippen LogP contribution in [0.5, 0.6) is 5.75 Å². The molecule has 7 nitrogen and oxygen atoms in total. The van der Waals surface area contributed by atoms with Gasteiger partial charge in [-0.15, -0.1) is 0 Å². The predicted molar refractivity (Wildman–Crippen MR) is 129 cm³/mol. The Labute approximate surface area is 206 Å². The first-order valence-corrected chi connectivity index (χ1v) is 13.7. The van der Waals surface area contributed by atoms with Gasteiger partial charge < -0.3 is 9.64 Å². The van der Waals surface area contributed by atoms with Crippen molar-refractivity contribution < 1.29 is 19.1 Å². The molecule has 6 fully saturated rings. The summed E-state index contributed by atoms with van der Waals surface area (Å²) in [6, 6.07) is 6.28. The predicted octanol–water partition coefficient (Wildman–Crippen LogP) is 3.26. The van der Waals surface area contributed by atoms with Crippen molar-refractivity contribution in [3.05, 3.63) is 29.3 Å². The summed E-state index contributed by atoms with van der Waals surface area (Å²) in [6.45, 7) is 2.87. The van der Waals surface area contributed by atoms with E-state index in [0.717, 1.165) is 29.6 Å². The lowest BCUT2D eigenvalue weighted by atomic mass is 9.63. The van der Waals surface area contributed by atoms with E-state index in [4.69, 9.17) is 4.74 Å². The van der Waals surface area contributed by atoms with Gasteiger partial charge >= 0.3 is 0 Å². The second kappa shape index (κ2) is 8.05. The summed E-state index contributed by atoms with van der Waals surface area (Å²) in [7, 11) is 0. The van der Waals surface area contributed by atoms with E-state index in [1.54, 1.807) is 4.90 Å². The van der Waals surface area contributed by atoms with Gasteiger partial charge in [0.1, 0.15) is 17.4 Å². The number of amides is 3. The van der Waals surface area contributed by atoms with Crippen LogP contribution in [-0.2, 0) is 16.1 Å². The van der Waals surface area contributed by atoms with Gasteiger partial charge in [0, 0.05) is 37.2 Å². The molecule has 4 heterocycles. The van der Waals surface area contributed by atoms with Gasteiger partial charge in [-0.25, -0.2) is 0 Å². The molecule has 7 heteroatoms. The van der Waals surface area contributed by atoms with Crippen molar-refractivity contribution in [2.45, 2.75) is 88.4 Å². The van der Waals surface area contributed by atoms with Crippen molar-refractivity contribution in [1.82, 2.24) is 15.1 Å². The molecule has 2 bridgehead atoms. The number of fused-ring (bicyclic) bond motifs is 3. The zero-order valence-corrected chi connectivity index (χ0v) is 20.3. The highest BCUT2D eigenvalue weighted by atomic mass is 16.5. The van der Waals surface area contributed by atoms with E-state index in [1.807, 2.05) is 18.2 Å². The Balaban J connectivity index is 1.01. The maximum atomic E-state index is 13.2. The average molecular weight is 478 g/mol. The number of rotatable bonds is 5. The van der Waals surface area contributed by atoms with Crippen molar-refractivity contribution in [2.75, 3.05) is 13.1 Å². The van der Waals surface area contributed by atoms with Gasteiger partial charge in [-0.1, -0.05) is 32.1 Å². The zero-order chi connectivity index (χ0) is 23.7. The molecule has 0 aromatic heterocycles. The standard InChI is InChI=1S/C28H35N3O4/c32-25-19-12-28(13-19,27(34)29-25)31-16-18-11-21(9-10-22(18)26(31)33)35-24-8-4-7-23(24)30-14-20(15-30)17-5-2-1-3-6-17/h9-11,17,19-20,23-24H,1-8,12-16H2,(H,29,32,34). The molecular formula is C28H35N3O4. The molecule has 3 aliphatic carbocycles. The fourth-order valence-electron chi connectivity index (χ4n) is 7.88. The number of nitrogens with one attached hydrogen (secondary N) is 1. The molecule has 0 spiro atoms. The smallest absolute Gasteiger partial charge is 0.255 e. The molecule has 1 aromatic carbocycles. The van der Waals surface area contributed by atoms with Crippen molar-refractivity contribution in [3.8, 4) is 5.75 Å². The number of carbonyl (C=O) groups excluding carboxylic acids is 3. The fraction of sp³-hybridized carbons (Fsp3) is 0.679. The quantitative estimate of drug-likeness (QED) is 0.659. The Morgan fingerprint density at radius 2 is 1.71 bits per heavy atom. The summed E-state index contributed by atoms with van der Waals surface area (Å²) in [5.41, 5.74) is 0.713. The third kappa shape index (κ3) is 3.37. The molecule has 8 rings (SSSR count). The summed E-state index contributed by atoms with van der Waals surface area (Å²) in [4.78, 5) is 42.0. The Morgan fingerprint density at radius 1 is 0.914 bits per heavy atom. The number of ether oxygens (including phenoxy) is 1. The molecule has 186 valence electrons. The Kier molecular flexibility index (Phi) is 5.02. The van der Waals surface area contributed by atoms with Crippen LogP contribution in [0, 0.1) is 17.8 Å². The lowest BCUT2D eigenvalue weighted by molar-refractivity contribution is -0.160. The van der Waals surface area contributed by atoms with E-state index in [0.29, 0.717) is 31.0 Å². The largest absolute Gasteiger partial charge is 0.489 e. The van der Waals surface area contributed by atoms with Gasteiger partial charge in [0.05, 0.1) is 0 Å². The number of benzene rings is 1. The number of nitrogens with zero attached hydrogens (tertiary/aromatic N) is 2. The second-order valence-electron chi connectivity index (χ2n) is 11.9. The number of hydrogen-bond donors (Lipinski definition) is 1. The van der Waals surface area contributed by atoms with Gasteiger partial charge in [-0.05, 0) is 67.7 Å². The SMILES string of the molecule is O=C1NC(=O)C2(N3Cc4cc(OC5CCCC5N5CC(C6CCCCC6)C5)ccc4C3=O)CC1C2. The molecular weight excluding hydrogens is 442 g/mol. The van der Waals surface area contributed by atoms with Crippen molar-refractivity contribution >= 4 is 17.7 Å². The van der Waals surface area contributed by atoms with Gasteiger partial charge in [-0.2, -0.15) is 0 Å². The van der Waals surface area contributed by atoms with Crippen LogP contribution >= 0.6 is 0 Å². The van der Waals surface area contributed by atoms with E-state index < -0.39 is 5.54 Å². The molecule has 2 unspecified atom stereocenters. The normalized spacial score (nSPS) is 35.5. The highest BCUT2D eigenvalue weighted by Gasteiger charge is 2.63. The molecule has 4 aliphatic heterocycles. The topological polar surface area (TPSA) is 79.0 Å². The molecule has 3 amide bonds. The van der Waals surface area contributed by atoms with E-state index in [-0.39, 0.29) is 29.7 Å². The monoisotopic (exact) mass is 477 g/mol. The fourth-order valence-corrected chi connectivity index (χ4v) is 7.88. The molecule has 1 N–H and O–H groups in total. The van der Waals surface area contributed by atoms with E-state index in [2.05, 4.69) is 10.2 Å². The average Bonchev–Trinajstić information content (AvgIpc) is 3.37. The molecule has 3 saturated carbocycles. The molecule has 35 heavy (non-hydrogen) atoms. The van der Waals surface area contributed by atoms with Crippen molar-refractivity contribution in [2.24, 2.45) is 17.8 Å². The number of piperidine rings is 2. The first-order valence-electron chi connectivity index (χ1n) is 13.7. The van der Waals surface area contributed by atoms with Crippen LogP contribution in [0.2, 0.25) is 0 Å². The van der Waals surface area contributed by atoms with Gasteiger partial charge in [0.15, 0.2) is 0 Å². The lowest BCUT2D eigenvalue weighted by Gasteiger charge is -2.53. The van der Waals surface area contributed by atoms with Gasteiger partial charge in [0.25, 0.3) is 11.8 Å². The molecule has 2 atom stereocenters. The number of carbonyl (C=O) groups is 3. The highest BCUT2D eigenvalue weighted by molar-refractivity contribution is 6.10. The third-order valence-electron chi connectivity index (χ3n) is 10.0. The Morgan fingerprint density at radius 3 is 2.49 bits per heavy atom. The Hall–Kier alpha value is -2.41. The van der Waals surface area contributed by atoms with Crippen molar-refractivity contribution in [3.63, 3.8) is 0 Å². The maximum absolute atomic E-state index is 13.2. The minimum absolute atomic E-state index is 0.109. The summed E-state index contributed by atoms with van der Waals surface area (Å²) in [6.07, 6.45) is 11.7. The van der Waals surface area contributed by atoms with Crippen LogP contribution in [0.3, 0.4) is 0 Å². The number of hydrogen-bond acceptors (Lipinski definition) is 5. The van der Waals surface area contributed by atoms with Gasteiger partial charge in [0.2, 0.25) is 5.91 Å². The Bertz CT molecular complexity index is 1070. The first-order chi connectivity index (χ1) is 17.0. The van der Waals surface area contributed by atoms with Crippen LogP contribution in [-0.4, -0.2) is 58.3 Å². The first kappa shape index (κ1) is 21.8. The minimum Gasteiger partial charge on any atom is -0.489 e. The maximum Gasteiger partial charge on any atom is 0.255 e. The van der Waals surface area contributed by atoms with E-state index in [9.17, 15) is 14.4 Å². The molecule has 3 saturated heterocycles. The molecule has 1 aromatic rings. The molecule has 0 radical (unpaired) electrons. The summed E-state index contributed by atoms with van der Waals surface area (Å²) in [5.74, 6) is 1.86. The number of imide groups is 1. The summed E-state index contributed by atoms with van der Waals surface area (Å²) in [5, 5.41) is 2.45. The van der Waals surface area contributed by atoms with Crippen LogP contribution in [0.4, 0.5) is 0 Å². The number of likely N-dealkylation sites (tertiary alicyclic amines) is 1. The van der Waals surface area contributed by atoms with Crippen LogP contribution in [0.15, 0.2) is 18.2 Å². The van der Waals surface area contributed by atoms with Gasteiger partial charge in [-0.3, -0.25) is 24.6 Å². The lowest BCUT2D eigenvalue weighted by Crippen LogP contribution is -2.73.